The van der Waals surface area contributed by atoms with E-state index in [0.717, 1.165) is 25.9 Å². The molecule has 1 aliphatic rings. The number of benzene rings is 1. The molecule has 1 heterocycles. The summed E-state index contributed by atoms with van der Waals surface area (Å²) >= 11 is 5.91. The maximum atomic E-state index is 13.0. The predicted molar refractivity (Wildman–Crippen MR) is 74.0 cm³/mol. The topological polar surface area (TPSA) is 32.3 Å². The molecule has 1 aliphatic heterocycles. The van der Waals surface area contributed by atoms with Gasteiger partial charge in [-0.05, 0) is 50.0 Å². The molecular weight excluding hydrogens is 267 g/mol. The van der Waals surface area contributed by atoms with Crippen LogP contribution in [0.5, 0.6) is 0 Å². The van der Waals surface area contributed by atoms with Crippen molar-refractivity contribution in [3.63, 3.8) is 0 Å². The average molecular weight is 285 g/mol. The summed E-state index contributed by atoms with van der Waals surface area (Å²) in [6.07, 6.45) is 2.16. The molecule has 0 aromatic heterocycles. The summed E-state index contributed by atoms with van der Waals surface area (Å²) in [6, 6.07) is 3.88. The van der Waals surface area contributed by atoms with Crippen LogP contribution in [0.2, 0.25) is 5.02 Å². The largest absolute Gasteiger partial charge is 0.341 e. The van der Waals surface area contributed by atoms with Crippen molar-refractivity contribution < 1.29 is 9.18 Å². The van der Waals surface area contributed by atoms with E-state index in [0.29, 0.717) is 18.0 Å². The van der Waals surface area contributed by atoms with Gasteiger partial charge in [0.15, 0.2) is 0 Å². The van der Waals surface area contributed by atoms with Gasteiger partial charge in [-0.2, -0.15) is 0 Å². The molecule has 3 nitrogen and oxygen atoms in total. The van der Waals surface area contributed by atoms with Crippen LogP contribution in [0.4, 0.5) is 4.39 Å². The van der Waals surface area contributed by atoms with Crippen molar-refractivity contribution in [2.75, 3.05) is 26.7 Å². The summed E-state index contributed by atoms with van der Waals surface area (Å²) in [6.45, 7) is 2.72. The molecule has 104 valence electrons. The minimum absolute atomic E-state index is 0.150. The summed E-state index contributed by atoms with van der Waals surface area (Å²) in [7, 11) is 1.77. The van der Waals surface area contributed by atoms with Crippen LogP contribution in [0, 0.1) is 11.7 Å². The monoisotopic (exact) mass is 284 g/mol. The summed E-state index contributed by atoms with van der Waals surface area (Å²) in [4.78, 5) is 13.9. The number of nitrogens with one attached hydrogen (secondary N) is 1. The maximum Gasteiger partial charge on any atom is 0.255 e. The highest BCUT2D eigenvalue weighted by Crippen LogP contribution is 2.20. The minimum Gasteiger partial charge on any atom is -0.341 e. The van der Waals surface area contributed by atoms with Crippen molar-refractivity contribution in [3.8, 4) is 0 Å². The number of carbonyl (C=O) groups excluding carboxylic acids is 1. The third-order valence-electron chi connectivity index (χ3n) is 3.50. The molecule has 0 spiro atoms. The van der Waals surface area contributed by atoms with E-state index in [1.54, 1.807) is 11.9 Å². The number of nitrogens with zero attached hydrogens (tertiary/aromatic N) is 1. The van der Waals surface area contributed by atoms with E-state index in [2.05, 4.69) is 5.32 Å². The van der Waals surface area contributed by atoms with E-state index in [1.165, 1.54) is 18.2 Å². The molecule has 1 saturated heterocycles. The van der Waals surface area contributed by atoms with Gasteiger partial charge in [-0.15, -0.1) is 0 Å². The molecular formula is C14H18ClFN2O. The van der Waals surface area contributed by atoms with Gasteiger partial charge in [-0.25, -0.2) is 4.39 Å². The van der Waals surface area contributed by atoms with Crippen molar-refractivity contribution in [3.05, 3.63) is 34.6 Å². The van der Waals surface area contributed by atoms with E-state index in [1.807, 2.05) is 0 Å². The number of hydrogen-bond acceptors (Lipinski definition) is 2. The molecule has 0 bridgehead atoms. The first-order chi connectivity index (χ1) is 9.08. The second-order valence-electron chi connectivity index (χ2n) is 5.00. The van der Waals surface area contributed by atoms with E-state index in [4.69, 9.17) is 11.6 Å². The van der Waals surface area contributed by atoms with Gasteiger partial charge in [-0.1, -0.05) is 11.6 Å². The first kappa shape index (κ1) is 14.3. The van der Waals surface area contributed by atoms with Gasteiger partial charge in [0.25, 0.3) is 5.91 Å². The normalized spacial score (nSPS) is 16.4. The van der Waals surface area contributed by atoms with E-state index < -0.39 is 5.82 Å². The molecule has 1 aromatic carbocycles. The van der Waals surface area contributed by atoms with Gasteiger partial charge >= 0.3 is 0 Å². The Balaban J connectivity index is 2.01. The first-order valence-corrected chi connectivity index (χ1v) is 6.87. The lowest BCUT2D eigenvalue weighted by atomic mass is 9.97. The Labute approximate surface area is 117 Å². The van der Waals surface area contributed by atoms with E-state index in [-0.39, 0.29) is 10.9 Å². The van der Waals surface area contributed by atoms with Gasteiger partial charge < -0.3 is 10.2 Å². The maximum absolute atomic E-state index is 13.0. The average Bonchev–Trinajstić information content (AvgIpc) is 2.39. The molecule has 2 rings (SSSR count). The lowest BCUT2D eigenvalue weighted by Gasteiger charge is -2.27. The first-order valence-electron chi connectivity index (χ1n) is 6.49. The Morgan fingerprint density at radius 2 is 2.16 bits per heavy atom. The highest BCUT2D eigenvalue weighted by molar-refractivity contribution is 6.33. The minimum atomic E-state index is -0.428. The molecule has 0 radical (unpaired) electrons. The Kier molecular flexibility index (Phi) is 4.77. The Hall–Kier alpha value is -1.13. The van der Waals surface area contributed by atoms with Crippen LogP contribution < -0.4 is 5.32 Å². The highest BCUT2D eigenvalue weighted by atomic mass is 35.5. The second-order valence-corrected chi connectivity index (χ2v) is 5.41. The smallest absolute Gasteiger partial charge is 0.255 e. The lowest BCUT2D eigenvalue weighted by molar-refractivity contribution is 0.0763. The van der Waals surface area contributed by atoms with Crippen molar-refractivity contribution in [1.29, 1.82) is 0 Å². The van der Waals surface area contributed by atoms with Crippen LogP contribution in [0.15, 0.2) is 18.2 Å². The summed E-state index contributed by atoms with van der Waals surface area (Å²) < 4.78 is 13.0. The SMILES string of the molecule is CN(CC1CCNCC1)C(=O)c1ccc(F)cc1Cl. The molecule has 0 aliphatic carbocycles. The van der Waals surface area contributed by atoms with E-state index in [9.17, 15) is 9.18 Å². The van der Waals surface area contributed by atoms with Crippen LogP contribution in [-0.4, -0.2) is 37.5 Å². The van der Waals surface area contributed by atoms with Crippen molar-refractivity contribution in [1.82, 2.24) is 10.2 Å². The molecule has 1 fully saturated rings. The predicted octanol–water partition coefficient (Wildman–Crippen LogP) is 2.55. The zero-order chi connectivity index (χ0) is 13.8. The Morgan fingerprint density at radius 3 is 2.79 bits per heavy atom. The zero-order valence-corrected chi connectivity index (χ0v) is 11.7. The van der Waals surface area contributed by atoms with Crippen molar-refractivity contribution >= 4 is 17.5 Å². The lowest BCUT2D eigenvalue weighted by Crippen LogP contribution is -2.37. The number of halogens is 2. The van der Waals surface area contributed by atoms with Crippen molar-refractivity contribution in [2.24, 2.45) is 5.92 Å². The van der Waals surface area contributed by atoms with Crippen molar-refractivity contribution in [2.45, 2.75) is 12.8 Å². The van der Waals surface area contributed by atoms with Crippen LogP contribution in [-0.2, 0) is 0 Å². The van der Waals surface area contributed by atoms with Gasteiger partial charge in [0.2, 0.25) is 0 Å². The zero-order valence-electron chi connectivity index (χ0n) is 11.0. The number of hydrogen-bond donors (Lipinski definition) is 1. The molecule has 1 amide bonds. The van der Waals surface area contributed by atoms with E-state index >= 15 is 0 Å². The fourth-order valence-electron chi connectivity index (χ4n) is 2.40. The van der Waals surface area contributed by atoms with Gasteiger partial charge in [0, 0.05) is 13.6 Å². The molecule has 0 unspecified atom stereocenters. The summed E-state index contributed by atoms with van der Waals surface area (Å²) in [5, 5.41) is 3.47. The fourth-order valence-corrected chi connectivity index (χ4v) is 2.65. The Bertz CT molecular complexity index is 461. The molecule has 0 saturated carbocycles. The van der Waals surface area contributed by atoms with Crippen LogP contribution in [0.3, 0.4) is 0 Å². The number of piperidine rings is 1. The number of amides is 1. The van der Waals surface area contributed by atoms with Gasteiger partial charge in [0.05, 0.1) is 10.6 Å². The van der Waals surface area contributed by atoms with Crippen LogP contribution in [0.1, 0.15) is 23.2 Å². The van der Waals surface area contributed by atoms with Gasteiger partial charge in [-0.3, -0.25) is 4.79 Å². The fraction of sp³-hybridized carbons (Fsp3) is 0.500. The summed E-state index contributed by atoms with van der Waals surface area (Å²) in [5.41, 5.74) is 0.361. The van der Waals surface area contributed by atoms with Crippen LogP contribution in [0.25, 0.3) is 0 Å². The number of rotatable bonds is 3. The third kappa shape index (κ3) is 3.67. The molecule has 5 heteroatoms. The second kappa shape index (κ2) is 6.35. The molecule has 1 aromatic rings. The third-order valence-corrected chi connectivity index (χ3v) is 3.81. The van der Waals surface area contributed by atoms with Gasteiger partial charge in [0.1, 0.15) is 5.82 Å². The standard InChI is InChI=1S/C14H18ClFN2O/c1-18(9-10-4-6-17-7-5-10)14(19)12-3-2-11(16)8-13(12)15/h2-3,8,10,17H,4-7,9H2,1H3. The molecule has 19 heavy (non-hydrogen) atoms. The number of carbonyl (C=O) groups is 1. The van der Waals surface area contributed by atoms with Crippen LogP contribution >= 0.6 is 11.6 Å². The summed E-state index contributed by atoms with van der Waals surface area (Å²) in [5.74, 6) is -0.0551. The molecule has 0 atom stereocenters. The Morgan fingerprint density at radius 1 is 1.47 bits per heavy atom. The highest BCUT2D eigenvalue weighted by Gasteiger charge is 2.20. The molecule has 1 N–H and O–H groups in total. The quantitative estimate of drug-likeness (QED) is 0.925.